The maximum atomic E-state index is 12.4. The summed E-state index contributed by atoms with van der Waals surface area (Å²) in [4.78, 5) is 24.5. The molecule has 0 radical (unpaired) electrons. The van der Waals surface area contributed by atoms with Crippen LogP contribution >= 0.6 is 0 Å². The van der Waals surface area contributed by atoms with Crippen molar-refractivity contribution in [3.8, 4) is 0 Å². The van der Waals surface area contributed by atoms with Crippen molar-refractivity contribution >= 4 is 11.9 Å². The molecule has 0 saturated heterocycles. The van der Waals surface area contributed by atoms with E-state index in [1.54, 1.807) is 6.08 Å². The molecule has 2 atom stereocenters. The molecule has 0 fully saturated rings. The number of esters is 1. The van der Waals surface area contributed by atoms with Crippen molar-refractivity contribution in [2.24, 2.45) is 0 Å². The number of aliphatic hydroxyl groups is 2. The first-order valence-electron chi connectivity index (χ1n) is 25.9. The zero-order chi connectivity index (χ0) is 43.7. The van der Waals surface area contributed by atoms with E-state index in [9.17, 15) is 19.8 Å². The van der Waals surface area contributed by atoms with Gasteiger partial charge in [-0.05, 0) is 89.9 Å². The van der Waals surface area contributed by atoms with Gasteiger partial charge in [0.15, 0.2) is 0 Å². The highest BCUT2D eigenvalue weighted by atomic mass is 16.5. The second kappa shape index (κ2) is 49.5. The van der Waals surface area contributed by atoms with Crippen LogP contribution in [0.3, 0.4) is 0 Å². The molecule has 0 aliphatic rings. The molecule has 0 rings (SSSR count). The van der Waals surface area contributed by atoms with E-state index < -0.39 is 12.1 Å². The molecule has 0 aliphatic carbocycles. The number of hydrogen-bond donors (Lipinski definition) is 3. The van der Waals surface area contributed by atoms with Gasteiger partial charge in [-0.1, -0.05) is 204 Å². The zero-order valence-corrected chi connectivity index (χ0v) is 39.7. The number of allylic oxidation sites excluding steroid dienone is 7. The molecule has 6 nitrogen and oxygen atoms in total. The molecule has 0 aliphatic heterocycles. The average molecular weight is 842 g/mol. The largest absolute Gasteiger partial charge is 0.466 e. The second-order valence-corrected chi connectivity index (χ2v) is 17.5. The summed E-state index contributed by atoms with van der Waals surface area (Å²) in [5.41, 5.74) is 0. The number of aliphatic hydroxyl groups excluding tert-OH is 2. The Balaban J connectivity index is 3.57. The van der Waals surface area contributed by atoms with Crippen molar-refractivity contribution in [3.63, 3.8) is 0 Å². The van der Waals surface area contributed by atoms with E-state index in [0.717, 1.165) is 83.5 Å². The summed E-state index contributed by atoms with van der Waals surface area (Å²) in [7, 11) is 0. The van der Waals surface area contributed by atoms with Crippen LogP contribution in [-0.2, 0) is 14.3 Å². The van der Waals surface area contributed by atoms with Gasteiger partial charge in [-0.2, -0.15) is 0 Å². The molecule has 3 N–H and O–H groups in total. The highest BCUT2D eigenvalue weighted by molar-refractivity contribution is 5.76. The third kappa shape index (κ3) is 45.3. The highest BCUT2D eigenvalue weighted by Gasteiger charge is 2.18. The summed E-state index contributed by atoms with van der Waals surface area (Å²) in [5.74, 6) is -0.152. The summed E-state index contributed by atoms with van der Waals surface area (Å²) >= 11 is 0. The molecule has 350 valence electrons. The van der Waals surface area contributed by atoms with Gasteiger partial charge in [0.1, 0.15) is 0 Å². The highest BCUT2D eigenvalue weighted by Crippen LogP contribution is 2.15. The molecule has 60 heavy (non-hydrogen) atoms. The predicted molar refractivity (Wildman–Crippen MR) is 259 cm³/mol. The number of carbonyl (C=O) groups is 2. The smallest absolute Gasteiger partial charge is 0.305 e. The maximum absolute atomic E-state index is 12.4. The molecule has 0 bridgehead atoms. The zero-order valence-electron chi connectivity index (χ0n) is 39.7. The van der Waals surface area contributed by atoms with Crippen LogP contribution in [0.25, 0.3) is 0 Å². The van der Waals surface area contributed by atoms with Gasteiger partial charge in [0.05, 0.1) is 25.4 Å². The lowest BCUT2D eigenvalue weighted by atomic mass is 10.0. The fraction of sp³-hybridized carbons (Fsp3) is 0.815. The third-order valence-corrected chi connectivity index (χ3v) is 11.6. The monoisotopic (exact) mass is 842 g/mol. The Labute approximate surface area is 372 Å². The Morgan fingerprint density at radius 2 is 0.833 bits per heavy atom. The lowest BCUT2D eigenvalue weighted by molar-refractivity contribution is -0.143. The maximum Gasteiger partial charge on any atom is 0.305 e. The van der Waals surface area contributed by atoms with E-state index in [0.29, 0.717) is 19.4 Å². The summed E-state index contributed by atoms with van der Waals surface area (Å²) in [6.07, 6.45) is 61.1. The van der Waals surface area contributed by atoms with Crippen LogP contribution in [0.1, 0.15) is 258 Å². The summed E-state index contributed by atoms with van der Waals surface area (Å²) in [5, 5.41) is 23.0. The van der Waals surface area contributed by atoms with Gasteiger partial charge < -0.3 is 20.3 Å². The minimum atomic E-state index is -0.867. The van der Waals surface area contributed by atoms with Crippen LogP contribution in [0.5, 0.6) is 0 Å². The Bertz CT molecular complexity index is 1020. The second-order valence-electron chi connectivity index (χ2n) is 17.5. The first-order chi connectivity index (χ1) is 29.5. The molecule has 0 heterocycles. The standard InChI is InChI=1S/C54H99NO5/c1-3-5-7-9-11-13-15-17-19-21-23-25-27-32-36-40-44-48-54(59)60-49-45-41-37-33-29-28-31-35-39-43-47-53(58)55-51(50-56)52(57)46-42-38-34-30-26-24-22-20-18-16-14-12-10-8-6-4-2/h11,13,17,19,29,33,42,46,51-52,56-57H,3-10,12,14-16,18,20-28,30-32,34-41,43-45,47-50H2,1-2H3,(H,55,58)/b13-11-,19-17-,33-29-,46-42+. The van der Waals surface area contributed by atoms with E-state index in [-0.39, 0.29) is 18.5 Å². The molecule has 0 aromatic carbocycles. The number of rotatable bonds is 47. The fourth-order valence-corrected chi connectivity index (χ4v) is 7.54. The van der Waals surface area contributed by atoms with Crippen molar-refractivity contribution in [1.29, 1.82) is 0 Å². The predicted octanol–water partition coefficient (Wildman–Crippen LogP) is 15.5. The van der Waals surface area contributed by atoms with E-state index in [2.05, 4.69) is 55.6 Å². The first-order valence-corrected chi connectivity index (χ1v) is 25.9. The van der Waals surface area contributed by atoms with E-state index in [1.165, 1.54) is 148 Å². The Kier molecular flexibility index (Phi) is 47.7. The van der Waals surface area contributed by atoms with Crippen molar-refractivity contribution in [2.45, 2.75) is 270 Å². The van der Waals surface area contributed by atoms with Gasteiger partial charge in [-0.25, -0.2) is 0 Å². The fourth-order valence-electron chi connectivity index (χ4n) is 7.54. The van der Waals surface area contributed by atoms with Crippen molar-refractivity contribution in [2.75, 3.05) is 13.2 Å². The normalized spacial score (nSPS) is 13.1. The number of ether oxygens (including phenoxy) is 1. The Morgan fingerprint density at radius 3 is 1.32 bits per heavy atom. The first kappa shape index (κ1) is 57.8. The van der Waals surface area contributed by atoms with Gasteiger partial charge in [0, 0.05) is 12.8 Å². The van der Waals surface area contributed by atoms with E-state index in [1.807, 2.05) is 6.08 Å². The minimum absolute atomic E-state index is 0.0469. The quantitative estimate of drug-likeness (QED) is 0.0322. The van der Waals surface area contributed by atoms with Crippen molar-refractivity contribution in [1.82, 2.24) is 5.32 Å². The average Bonchev–Trinajstić information content (AvgIpc) is 3.25. The molecular formula is C54H99NO5. The minimum Gasteiger partial charge on any atom is -0.466 e. The van der Waals surface area contributed by atoms with Gasteiger partial charge >= 0.3 is 5.97 Å². The third-order valence-electron chi connectivity index (χ3n) is 11.6. The number of hydrogen-bond acceptors (Lipinski definition) is 5. The van der Waals surface area contributed by atoms with Crippen LogP contribution in [-0.4, -0.2) is 47.4 Å². The molecule has 0 aromatic rings. The van der Waals surface area contributed by atoms with Gasteiger partial charge in [0.25, 0.3) is 0 Å². The summed E-state index contributed by atoms with van der Waals surface area (Å²) in [6, 6.07) is -0.655. The van der Waals surface area contributed by atoms with Crippen LogP contribution in [0.2, 0.25) is 0 Å². The number of carbonyl (C=O) groups excluding carboxylic acids is 2. The molecule has 2 unspecified atom stereocenters. The van der Waals surface area contributed by atoms with Crippen LogP contribution in [0.15, 0.2) is 48.6 Å². The van der Waals surface area contributed by atoms with Crippen LogP contribution in [0, 0.1) is 0 Å². The van der Waals surface area contributed by atoms with Crippen molar-refractivity contribution in [3.05, 3.63) is 48.6 Å². The summed E-state index contributed by atoms with van der Waals surface area (Å²) < 4.78 is 5.43. The number of unbranched alkanes of at least 4 members (excludes halogenated alkanes) is 30. The summed E-state index contributed by atoms with van der Waals surface area (Å²) in [6.45, 7) is 4.78. The van der Waals surface area contributed by atoms with E-state index >= 15 is 0 Å². The van der Waals surface area contributed by atoms with Crippen molar-refractivity contribution < 1.29 is 24.5 Å². The Morgan fingerprint density at radius 1 is 0.467 bits per heavy atom. The van der Waals surface area contributed by atoms with Crippen LogP contribution < -0.4 is 5.32 Å². The molecule has 1 amide bonds. The molecule has 0 aromatic heterocycles. The SMILES string of the molecule is CCCCC/C=C\C/C=C\CCCCCCCCCC(=O)OCCCC/C=C\CCCCCCC(=O)NC(CO)C(O)/C=C/CCCCCCCCCCCCCCCC. The number of nitrogens with one attached hydrogen (secondary N) is 1. The van der Waals surface area contributed by atoms with E-state index in [4.69, 9.17) is 4.74 Å². The molecule has 6 heteroatoms. The number of amides is 1. The lowest BCUT2D eigenvalue weighted by Crippen LogP contribution is -2.45. The lowest BCUT2D eigenvalue weighted by Gasteiger charge is -2.20. The van der Waals surface area contributed by atoms with Gasteiger partial charge in [0.2, 0.25) is 5.91 Å². The molecule has 0 saturated carbocycles. The molecule has 0 spiro atoms. The topological polar surface area (TPSA) is 95.9 Å². The van der Waals surface area contributed by atoms with Gasteiger partial charge in [-0.15, -0.1) is 0 Å². The van der Waals surface area contributed by atoms with Crippen LogP contribution in [0.4, 0.5) is 0 Å². The Hall–Kier alpha value is -2.18. The molecular weight excluding hydrogens is 743 g/mol. The van der Waals surface area contributed by atoms with Gasteiger partial charge in [-0.3, -0.25) is 9.59 Å².